The zero-order chi connectivity index (χ0) is 16.6. The Bertz CT molecular complexity index is 419. The molecule has 0 aliphatic heterocycles. The molecule has 0 saturated heterocycles. The molecule has 8 nitrogen and oxygen atoms in total. The summed E-state index contributed by atoms with van der Waals surface area (Å²) >= 11 is 7.75. The number of carbonyl (C=O) groups is 4. The number of nitrogens with zero attached hydrogens (tertiary/aromatic N) is 1. The van der Waals surface area contributed by atoms with Gasteiger partial charge in [0.15, 0.2) is 0 Å². The Labute approximate surface area is 133 Å². The molecular formula is C11H20N4O4S2. The Balaban J connectivity index is 5.06. The van der Waals surface area contributed by atoms with E-state index in [4.69, 9.17) is 11.5 Å². The fourth-order valence-corrected chi connectivity index (χ4v) is 2.12. The molecule has 120 valence electrons. The van der Waals surface area contributed by atoms with Gasteiger partial charge >= 0.3 is 0 Å². The van der Waals surface area contributed by atoms with Crippen LogP contribution in [0.5, 0.6) is 0 Å². The number of hydrogen-bond donors (Lipinski definition) is 5. The molecule has 2 unspecified atom stereocenters. The minimum Gasteiger partial charge on any atom is -0.369 e. The zero-order valence-corrected chi connectivity index (χ0v) is 13.4. The number of nitrogens with one attached hydrogen (secondary N) is 1. The summed E-state index contributed by atoms with van der Waals surface area (Å²) in [5, 5.41) is 0.952. The van der Waals surface area contributed by atoms with Crippen LogP contribution < -0.4 is 16.9 Å². The lowest BCUT2D eigenvalue weighted by Crippen LogP contribution is -2.54. The number of primary amides is 2. The van der Waals surface area contributed by atoms with Gasteiger partial charge < -0.3 is 11.5 Å². The third-order valence-electron chi connectivity index (χ3n) is 2.63. The monoisotopic (exact) mass is 336 g/mol. The summed E-state index contributed by atoms with van der Waals surface area (Å²) in [6.07, 6.45) is 0.520. The Morgan fingerprint density at radius 1 is 1.05 bits per heavy atom. The predicted molar refractivity (Wildman–Crippen MR) is 83.2 cm³/mol. The van der Waals surface area contributed by atoms with Crippen LogP contribution in [0.3, 0.4) is 0 Å². The third-order valence-corrected chi connectivity index (χ3v) is 3.36. The minimum absolute atomic E-state index is 0.0872. The number of amides is 4. The van der Waals surface area contributed by atoms with Crippen molar-refractivity contribution in [3.63, 3.8) is 0 Å². The number of nitrogens with two attached hydrogens (primary N) is 2. The standard InChI is InChI=1S/C11H20N4O4S2/c1-2-3-15(11(19)7(5-21)9(13)17)14-10(18)6(4-20)8(12)16/h6-7,20-21H,2-5H2,1H3,(H2,12,16)(H2,13,17)(H,14,18). The summed E-state index contributed by atoms with van der Waals surface area (Å²) in [7, 11) is 0. The van der Waals surface area contributed by atoms with Gasteiger partial charge in [-0.25, -0.2) is 0 Å². The number of hydrogen-bond acceptors (Lipinski definition) is 6. The van der Waals surface area contributed by atoms with E-state index >= 15 is 0 Å². The average molecular weight is 336 g/mol. The van der Waals surface area contributed by atoms with Gasteiger partial charge in [0, 0.05) is 18.1 Å². The first kappa shape index (κ1) is 19.6. The lowest BCUT2D eigenvalue weighted by molar-refractivity contribution is -0.149. The quantitative estimate of drug-likeness (QED) is 0.205. The van der Waals surface area contributed by atoms with E-state index in [0.29, 0.717) is 6.42 Å². The SMILES string of the molecule is CCCN(NC(=O)C(CS)C(N)=O)C(=O)C(CS)C(N)=O. The van der Waals surface area contributed by atoms with E-state index in [9.17, 15) is 19.2 Å². The molecule has 0 radical (unpaired) electrons. The number of hydrazine groups is 1. The lowest BCUT2D eigenvalue weighted by atomic mass is 10.1. The van der Waals surface area contributed by atoms with Crippen molar-refractivity contribution in [3.05, 3.63) is 0 Å². The van der Waals surface area contributed by atoms with Gasteiger partial charge in [0.1, 0.15) is 11.8 Å². The maximum atomic E-state index is 12.1. The number of rotatable bonds is 8. The smallest absolute Gasteiger partial charge is 0.254 e. The van der Waals surface area contributed by atoms with Crippen LogP contribution >= 0.6 is 25.3 Å². The molecule has 0 spiro atoms. The highest BCUT2D eigenvalue weighted by Gasteiger charge is 2.31. The minimum atomic E-state index is -1.18. The summed E-state index contributed by atoms with van der Waals surface area (Å²) in [4.78, 5) is 46.3. The Hall–Kier alpha value is -1.42. The molecule has 4 amide bonds. The Morgan fingerprint density at radius 2 is 1.52 bits per heavy atom. The fraction of sp³-hybridized carbons (Fsp3) is 0.636. The molecule has 0 aliphatic carbocycles. The molecule has 21 heavy (non-hydrogen) atoms. The molecule has 0 aromatic heterocycles. The van der Waals surface area contributed by atoms with Crippen molar-refractivity contribution >= 4 is 48.9 Å². The summed E-state index contributed by atoms with van der Waals surface area (Å²) in [6.45, 7) is 1.93. The van der Waals surface area contributed by atoms with E-state index in [-0.39, 0.29) is 18.1 Å². The summed E-state index contributed by atoms with van der Waals surface area (Å²) < 4.78 is 0. The van der Waals surface area contributed by atoms with Crippen LogP contribution in [0.25, 0.3) is 0 Å². The normalized spacial score (nSPS) is 13.1. The molecule has 0 heterocycles. The van der Waals surface area contributed by atoms with E-state index < -0.39 is 35.5 Å². The highest BCUT2D eigenvalue weighted by atomic mass is 32.1. The first-order chi connectivity index (χ1) is 9.79. The fourth-order valence-electron chi connectivity index (χ4n) is 1.44. The van der Waals surface area contributed by atoms with Crippen molar-refractivity contribution in [3.8, 4) is 0 Å². The molecule has 0 aliphatic rings. The second kappa shape index (κ2) is 9.50. The van der Waals surface area contributed by atoms with Crippen molar-refractivity contribution in [2.45, 2.75) is 13.3 Å². The molecule has 0 rings (SSSR count). The summed E-state index contributed by atoms with van der Waals surface area (Å²) in [6, 6.07) is 0. The number of carbonyl (C=O) groups excluding carboxylic acids is 4. The molecule has 2 atom stereocenters. The van der Waals surface area contributed by atoms with Crippen molar-refractivity contribution in [2.24, 2.45) is 23.3 Å². The largest absolute Gasteiger partial charge is 0.369 e. The number of thiol groups is 2. The molecule has 0 aromatic rings. The maximum Gasteiger partial charge on any atom is 0.254 e. The Morgan fingerprint density at radius 3 is 1.86 bits per heavy atom. The second-order valence-corrected chi connectivity index (χ2v) is 4.97. The molecule has 5 N–H and O–H groups in total. The predicted octanol–water partition coefficient (Wildman–Crippen LogP) is -1.68. The van der Waals surface area contributed by atoms with Crippen LogP contribution in [0.15, 0.2) is 0 Å². The second-order valence-electron chi connectivity index (χ2n) is 4.24. The highest BCUT2D eigenvalue weighted by molar-refractivity contribution is 7.80. The van der Waals surface area contributed by atoms with Crippen molar-refractivity contribution in [1.29, 1.82) is 0 Å². The van der Waals surface area contributed by atoms with Crippen LogP contribution in [0, 0.1) is 11.8 Å². The molecule has 0 bridgehead atoms. The van der Waals surface area contributed by atoms with Gasteiger partial charge in [-0.15, -0.1) is 0 Å². The van der Waals surface area contributed by atoms with E-state index in [1.165, 1.54) is 0 Å². The molecule has 10 heteroatoms. The van der Waals surface area contributed by atoms with Crippen LogP contribution in [0.2, 0.25) is 0 Å². The van der Waals surface area contributed by atoms with Crippen LogP contribution in [0.4, 0.5) is 0 Å². The van der Waals surface area contributed by atoms with Gasteiger partial charge in [-0.1, -0.05) is 6.92 Å². The van der Waals surface area contributed by atoms with Gasteiger partial charge in [0.25, 0.3) is 11.8 Å². The molecule has 0 aromatic carbocycles. The van der Waals surface area contributed by atoms with Crippen molar-refractivity contribution < 1.29 is 19.2 Å². The van der Waals surface area contributed by atoms with Gasteiger partial charge in [-0.3, -0.25) is 29.6 Å². The van der Waals surface area contributed by atoms with Gasteiger partial charge in [0.05, 0.1) is 0 Å². The summed E-state index contributed by atoms with van der Waals surface area (Å²) in [5.41, 5.74) is 12.5. The molecule has 0 saturated carbocycles. The lowest BCUT2D eigenvalue weighted by Gasteiger charge is -2.26. The highest BCUT2D eigenvalue weighted by Crippen LogP contribution is 2.06. The average Bonchev–Trinajstić information content (AvgIpc) is 2.38. The van der Waals surface area contributed by atoms with Crippen LogP contribution in [0.1, 0.15) is 13.3 Å². The van der Waals surface area contributed by atoms with Crippen LogP contribution in [-0.2, 0) is 19.2 Å². The topological polar surface area (TPSA) is 136 Å². The van der Waals surface area contributed by atoms with Crippen molar-refractivity contribution in [2.75, 3.05) is 18.1 Å². The molecular weight excluding hydrogens is 316 g/mol. The van der Waals surface area contributed by atoms with E-state index in [0.717, 1.165) is 5.01 Å². The first-order valence-electron chi connectivity index (χ1n) is 6.22. The van der Waals surface area contributed by atoms with Crippen molar-refractivity contribution in [1.82, 2.24) is 10.4 Å². The van der Waals surface area contributed by atoms with Gasteiger partial charge in [0.2, 0.25) is 11.8 Å². The summed E-state index contributed by atoms with van der Waals surface area (Å²) in [5.74, 6) is -5.67. The molecule has 0 fully saturated rings. The van der Waals surface area contributed by atoms with Gasteiger partial charge in [-0.2, -0.15) is 25.3 Å². The first-order valence-corrected chi connectivity index (χ1v) is 7.48. The van der Waals surface area contributed by atoms with Gasteiger partial charge in [-0.05, 0) is 6.42 Å². The maximum absolute atomic E-state index is 12.1. The van der Waals surface area contributed by atoms with Crippen LogP contribution in [-0.4, -0.2) is 46.7 Å². The van der Waals surface area contributed by atoms with E-state index in [2.05, 4.69) is 30.7 Å². The zero-order valence-electron chi connectivity index (χ0n) is 11.6. The third kappa shape index (κ3) is 5.84. The van der Waals surface area contributed by atoms with E-state index in [1.807, 2.05) is 0 Å². The Kier molecular flexibility index (Phi) is 8.86. The van der Waals surface area contributed by atoms with E-state index in [1.54, 1.807) is 6.92 Å².